The third-order valence-electron chi connectivity index (χ3n) is 5.62. The molecule has 32 heavy (non-hydrogen) atoms. The maximum Gasteiger partial charge on any atom is 0.230 e. The summed E-state index contributed by atoms with van der Waals surface area (Å²) in [5, 5.41) is 8.65. The lowest BCUT2D eigenvalue weighted by molar-refractivity contribution is -0.119. The number of thioether (sulfide) groups is 1. The SMILES string of the molecule is CCOc1ccc(-c2cc3c(SCC(=O)N[C@H]4CCc5ccccc54)nccn3n2)cc1. The molecule has 162 valence electrons. The first-order valence-corrected chi connectivity index (χ1v) is 11.8. The summed E-state index contributed by atoms with van der Waals surface area (Å²) in [5.41, 5.74) is 5.32. The van der Waals surface area contributed by atoms with Gasteiger partial charge in [0.05, 0.1) is 29.6 Å². The quantitative estimate of drug-likeness (QED) is 0.419. The van der Waals surface area contributed by atoms with Crippen molar-refractivity contribution in [2.75, 3.05) is 12.4 Å². The van der Waals surface area contributed by atoms with E-state index in [1.165, 1.54) is 22.9 Å². The molecule has 0 spiro atoms. The zero-order valence-corrected chi connectivity index (χ0v) is 18.6. The van der Waals surface area contributed by atoms with Gasteiger partial charge in [0.25, 0.3) is 0 Å². The summed E-state index contributed by atoms with van der Waals surface area (Å²) in [6.45, 7) is 2.61. The minimum atomic E-state index is 0.0201. The molecular formula is C25H24N4O2S. The Morgan fingerprint density at radius 2 is 2.06 bits per heavy atom. The van der Waals surface area contributed by atoms with Crippen LogP contribution in [0.4, 0.5) is 0 Å². The molecule has 0 unspecified atom stereocenters. The number of hydrogen-bond acceptors (Lipinski definition) is 5. The van der Waals surface area contributed by atoms with Crippen LogP contribution in [0.1, 0.15) is 30.5 Å². The van der Waals surface area contributed by atoms with Gasteiger partial charge in [0, 0.05) is 18.0 Å². The first-order valence-electron chi connectivity index (χ1n) is 10.8. The molecule has 0 aliphatic heterocycles. The van der Waals surface area contributed by atoms with Crippen LogP contribution in [0.2, 0.25) is 0 Å². The summed E-state index contributed by atoms with van der Waals surface area (Å²) in [5.74, 6) is 1.18. The number of rotatable bonds is 7. The minimum Gasteiger partial charge on any atom is -0.494 e. The van der Waals surface area contributed by atoms with E-state index < -0.39 is 0 Å². The fraction of sp³-hybridized carbons (Fsp3) is 0.240. The monoisotopic (exact) mass is 444 g/mol. The van der Waals surface area contributed by atoms with Crippen molar-refractivity contribution in [3.05, 3.63) is 78.1 Å². The summed E-state index contributed by atoms with van der Waals surface area (Å²) in [6.07, 6.45) is 5.51. The number of ether oxygens (including phenoxy) is 1. The van der Waals surface area contributed by atoms with Gasteiger partial charge < -0.3 is 10.1 Å². The number of aryl methyl sites for hydroxylation is 1. The second-order valence-electron chi connectivity index (χ2n) is 7.70. The van der Waals surface area contributed by atoms with Crippen LogP contribution < -0.4 is 10.1 Å². The van der Waals surface area contributed by atoms with Crippen molar-refractivity contribution in [2.24, 2.45) is 0 Å². The normalized spacial score (nSPS) is 15.0. The first kappa shape index (κ1) is 20.6. The van der Waals surface area contributed by atoms with Gasteiger partial charge in [0.15, 0.2) is 0 Å². The van der Waals surface area contributed by atoms with Gasteiger partial charge in [-0.05, 0) is 61.2 Å². The number of benzene rings is 2. The average molecular weight is 445 g/mol. The summed E-state index contributed by atoms with van der Waals surface area (Å²) in [7, 11) is 0. The molecule has 0 radical (unpaired) electrons. The number of carbonyl (C=O) groups is 1. The van der Waals surface area contributed by atoms with E-state index in [9.17, 15) is 4.79 Å². The van der Waals surface area contributed by atoms with Gasteiger partial charge in [-0.2, -0.15) is 5.10 Å². The molecular weight excluding hydrogens is 420 g/mol. The van der Waals surface area contributed by atoms with Crippen molar-refractivity contribution < 1.29 is 9.53 Å². The summed E-state index contributed by atoms with van der Waals surface area (Å²) >= 11 is 1.44. The second-order valence-corrected chi connectivity index (χ2v) is 8.66. The Balaban J connectivity index is 1.28. The Labute approximate surface area is 191 Å². The lowest BCUT2D eigenvalue weighted by Gasteiger charge is -2.14. The molecule has 0 saturated heterocycles. The summed E-state index contributed by atoms with van der Waals surface area (Å²) in [6, 6.07) is 18.3. The highest BCUT2D eigenvalue weighted by Crippen LogP contribution is 2.31. The number of amides is 1. The zero-order chi connectivity index (χ0) is 21.9. The zero-order valence-electron chi connectivity index (χ0n) is 17.8. The van der Waals surface area contributed by atoms with Crippen molar-refractivity contribution in [2.45, 2.75) is 30.8 Å². The van der Waals surface area contributed by atoms with Crippen LogP contribution in [0.15, 0.2) is 72.0 Å². The molecule has 0 bridgehead atoms. The third kappa shape index (κ3) is 4.21. The average Bonchev–Trinajstić information content (AvgIpc) is 3.43. The topological polar surface area (TPSA) is 68.5 Å². The van der Waals surface area contributed by atoms with Gasteiger partial charge >= 0.3 is 0 Å². The predicted octanol–water partition coefficient (Wildman–Crippen LogP) is 4.69. The van der Waals surface area contributed by atoms with Gasteiger partial charge in [-0.1, -0.05) is 36.0 Å². The minimum absolute atomic E-state index is 0.0201. The van der Waals surface area contributed by atoms with Crippen molar-refractivity contribution >= 4 is 23.2 Å². The smallest absolute Gasteiger partial charge is 0.230 e. The highest BCUT2D eigenvalue weighted by molar-refractivity contribution is 8.00. The van der Waals surface area contributed by atoms with E-state index in [2.05, 4.69) is 33.6 Å². The summed E-state index contributed by atoms with van der Waals surface area (Å²) in [4.78, 5) is 17.1. The molecule has 2 aromatic carbocycles. The van der Waals surface area contributed by atoms with Crippen LogP contribution in [0, 0.1) is 0 Å². The van der Waals surface area contributed by atoms with Crippen LogP contribution in [-0.4, -0.2) is 32.9 Å². The van der Waals surface area contributed by atoms with E-state index in [-0.39, 0.29) is 11.9 Å². The number of hydrogen-bond donors (Lipinski definition) is 1. The second kappa shape index (κ2) is 9.04. The Morgan fingerprint density at radius 1 is 1.22 bits per heavy atom. The molecule has 1 aliphatic carbocycles. The molecule has 2 heterocycles. The Kier molecular flexibility index (Phi) is 5.81. The predicted molar refractivity (Wildman–Crippen MR) is 126 cm³/mol. The highest BCUT2D eigenvalue weighted by Gasteiger charge is 2.23. The number of fused-ring (bicyclic) bond motifs is 2. The maximum atomic E-state index is 12.6. The van der Waals surface area contributed by atoms with Crippen molar-refractivity contribution in [3.8, 4) is 17.0 Å². The van der Waals surface area contributed by atoms with Crippen LogP contribution >= 0.6 is 11.8 Å². The molecule has 1 atom stereocenters. The van der Waals surface area contributed by atoms with Crippen LogP contribution in [0.25, 0.3) is 16.8 Å². The Bertz CT molecular complexity index is 1250. The molecule has 6 nitrogen and oxygen atoms in total. The molecule has 0 saturated carbocycles. The van der Waals surface area contributed by atoms with Crippen LogP contribution in [0.3, 0.4) is 0 Å². The lowest BCUT2D eigenvalue weighted by Crippen LogP contribution is -2.28. The Hall–Kier alpha value is -3.32. The van der Waals surface area contributed by atoms with Crippen LogP contribution in [0.5, 0.6) is 5.75 Å². The molecule has 4 aromatic rings. The van der Waals surface area contributed by atoms with E-state index in [1.54, 1.807) is 6.20 Å². The highest BCUT2D eigenvalue weighted by atomic mass is 32.2. The van der Waals surface area contributed by atoms with Gasteiger partial charge in [0.2, 0.25) is 5.91 Å². The first-order chi connectivity index (χ1) is 15.7. The van der Waals surface area contributed by atoms with Crippen LogP contribution in [-0.2, 0) is 11.2 Å². The number of aromatic nitrogens is 3. The van der Waals surface area contributed by atoms with Gasteiger partial charge in [-0.3, -0.25) is 4.79 Å². The van der Waals surface area contributed by atoms with Crippen molar-refractivity contribution in [1.82, 2.24) is 19.9 Å². The third-order valence-corrected chi connectivity index (χ3v) is 6.62. The maximum absolute atomic E-state index is 12.6. The van der Waals surface area contributed by atoms with Crippen molar-refractivity contribution in [1.29, 1.82) is 0 Å². The molecule has 5 rings (SSSR count). The van der Waals surface area contributed by atoms with Crippen molar-refractivity contribution in [3.63, 3.8) is 0 Å². The van der Waals surface area contributed by atoms with E-state index in [4.69, 9.17) is 4.74 Å². The number of nitrogens with zero attached hydrogens (tertiary/aromatic N) is 3. The van der Waals surface area contributed by atoms with E-state index >= 15 is 0 Å². The standard InChI is InChI=1S/C25H24N4O2S/c1-2-31-19-10-7-18(8-11-19)22-15-23-25(26-13-14-29(23)28-22)32-16-24(30)27-21-12-9-17-5-3-4-6-20(17)21/h3-8,10-11,13-15,21H,2,9,12,16H2,1H3,(H,27,30)/t21-/m0/s1. The fourth-order valence-corrected chi connectivity index (χ4v) is 4.90. The summed E-state index contributed by atoms with van der Waals surface area (Å²) < 4.78 is 7.33. The largest absolute Gasteiger partial charge is 0.494 e. The molecule has 1 N–H and O–H groups in total. The Morgan fingerprint density at radius 3 is 2.91 bits per heavy atom. The molecule has 1 aliphatic rings. The van der Waals surface area contributed by atoms with Gasteiger partial charge in [0.1, 0.15) is 10.8 Å². The fourth-order valence-electron chi connectivity index (χ4n) is 4.12. The van der Waals surface area contributed by atoms with E-state index in [0.717, 1.165) is 40.4 Å². The molecule has 0 fully saturated rings. The molecule has 2 aromatic heterocycles. The van der Waals surface area contributed by atoms with E-state index in [0.29, 0.717) is 12.4 Å². The van der Waals surface area contributed by atoms with Gasteiger partial charge in [-0.25, -0.2) is 9.50 Å². The molecule has 1 amide bonds. The number of nitrogens with one attached hydrogen (secondary N) is 1. The van der Waals surface area contributed by atoms with E-state index in [1.807, 2.05) is 54.0 Å². The molecule has 7 heteroatoms. The van der Waals surface area contributed by atoms with Gasteiger partial charge in [-0.15, -0.1) is 0 Å². The lowest BCUT2D eigenvalue weighted by atomic mass is 10.1. The number of carbonyl (C=O) groups excluding carboxylic acids is 1.